The van der Waals surface area contributed by atoms with E-state index in [1.54, 1.807) is 14.2 Å². The maximum absolute atomic E-state index is 12.0. The molecule has 150 valence electrons. The number of benzene rings is 2. The van der Waals surface area contributed by atoms with E-state index in [1.165, 1.54) is 0 Å². The summed E-state index contributed by atoms with van der Waals surface area (Å²) in [6.07, 6.45) is 2.06. The Kier molecular flexibility index (Phi) is 8.85. The summed E-state index contributed by atoms with van der Waals surface area (Å²) < 4.78 is 5.37. The van der Waals surface area contributed by atoms with E-state index >= 15 is 0 Å². The zero-order chi connectivity index (χ0) is 20.2. The molecule has 0 radical (unpaired) electrons. The standard InChI is InChI=1S/C22H30N4O2/c1-4-5-14-24-21(27)18-12-10-17(11-13-18)15-25-22(23-2)26-16-19-8-6-7-9-20(19)28-3/h6-13H,4-5,14-16H2,1-3H3,(H,24,27)(H2,23,25,26). The summed E-state index contributed by atoms with van der Waals surface area (Å²) in [5, 5.41) is 9.49. The van der Waals surface area contributed by atoms with E-state index in [0.29, 0.717) is 31.2 Å². The fraction of sp³-hybridized carbons (Fsp3) is 0.364. The summed E-state index contributed by atoms with van der Waals surface area (Å²) in [4.78, 5) is 16.3. The number of para-hydroxylation sites is 1. The molecule has 0 aliphatic rings. The number of nitrogens with one attached hydrogen (secondary N) is 3. The summed E-state index contributed by atoms with van der Waals surface area (Å²) in [7, 11) is 3.40. The number of unbranched alkanes of at least 4 members (excludes halogenated alkanes) is 1. The van der Waals surface area contributed by atoms with Crippen LogP contribution in [0.3, 0.4) is 0 Å². The minimum absolute atomic E-state index is 0.0257. The van der Waals surface area contributed by atoms with Gasteiger partial charge in [0.05, 0.1) is 7.11 Å². The zero-order valence-electron chi connectivity index (χ0n) is 16.9. The first kappa shape index (κ1) is 21.3. The molecule has 28 heavy (non-hydrogen) atoms. The molecule has 0 saturated carbocycles. The molecule has 6 heteroatoms. The highest BCUT2D eigenvalue weighted by molar-refractivity contribution is 5.94. The first-order valence-electron chi connectivity index (χ1n) is 9.61. The first-order chi connectivity index (χ1) is 13.7. The molecule has 2 aromatic rings. The number of amides is 1. The van der Waals surface area contributed by atoms with E-state index in [0.717, 1.165) is 29.7 Å². The maximum Gasteiger partial charge on any atom is 0.251 e. The maximum atomic E-state index is 12.0. The molecule has 1 amide bonds. The van der Waals surface area contributed by atoms with E-state index in [-0.39, 0.29) is 5.91 Å². The van der Waals surface area contributed by atoms with Crippen molar-refractivity contribution < 1.29 is 9.53 Å². The van der Waals surface area contributed by atoms with Crippen LogP contribution in [-0.2, 0) is 13.1 Å². The van der Waals surface area contributed by atoms with Gasteiger partial charge in [0.25, 0.3) is 5.91 Å². The number of hydrogen-bond donors (Lipinski definition) is 3. The molecule has 0 bridgehead atoms. The van der Waals surface area contributed by atoms with Crippen LogP contribution in [0.2, 0.25) is 0 Å². The Hall–Kier alpha value is -3.02. The van der Waals surface area contributed by atoms with Gasteiger partial charge in [-0.15, -0.1) is 0 Å². The van der Waals surface area contributed by atoms with Gasteiger partial charge in [-0.2, -0.15) is 0 Å². The van der Waals surface area contributed by atoms with Crippen LogP contribution < -0.4 is 20.7 Å². The zero-order valence-corrected chi connectivity index (χ0v) is 16.9. The SMILES string of the molecule is CCCCNC(=O)c1ccc(CNC(=NC)NCc2ccccc2OC)cc1. The van der Waals surface area contributed by atoms with Gasteiger partial charge < -0.3 is 20.7 Å². The Morgan fingerprint density at radius 3 is 2.39 bits per heavy atom. The second-order valence-electron chi connectivity index (χ2n) is 6.40. The molecule has 0 aliphatic carbocycles. The quantitative estimate of drug-likeness (QED) is 0.354. The van der Waals surface area contributed by atoms with Crippen LogP contribution in [-0.4, -0.2) is 32.6 Å². The summed E-state index contributed by atoms with van der Waals surface area (Å²) in [5.41, 5.74) is 2.82. The van der Waals surface area contributed by atoms with Crippen molar-refractivity contribution in [3.05, 3.63) is 65.2 Å². The minimum Gasteiger partial charge on any atom is -0.496 e. The highest BCUT2D eigenvalue weighted by Crippen LogP contribution is 2.16. The Bertz CT molecular complexity index is 772. The molecule has 0 unspecified atom stereocenters. The first-order valence-corrected chi connectivity index (χ1v) is 9.61. The van der Waals surface area contributed by atoms with Crippen molar-refractivity contribution in [3.63, 3.8) is 0 Å². The van der Waals surface area contributed by atoms with Crippen LogP contribution in [0.5, 0.6) is 5.75 Å². The van der Waals surface area contributed by atoms with Crippen LogP contribution in [0.25, 0.3) is 0 Å². The molecule has 0 aliphatic heterocycles. The topological polar surface area (TPSA) is 74.8 Å². The summed E-state index contributed by atoms with van der Waals surface area (Å²) >= 11 is 0. The summed E-state index contributed by atoms with van der Waals surface area (Å²) in [6, 6.07) is 15.5. The summed E-state index contributed by atoms with van der Waals surface area (Å²) in [5.74, 6) is 1.52. The fourth-order valence-electron chi connectivity index (χ4n) is 2.69. The highest BCUT2D eigenvalue weighted by Gasteiger charge is 2.06. The largest absolute Gasteiger partial charge is 0.496 e. The lowest BCUT2D eigenvalue weighted by molar-refractivity contribution is 0.0953. The van der Waals surface area contributed by atoms with Gasteiger partial charge in [0.1, 0.15) is 5.75 Å². The van der Waals surface area contributed by atoms with E-state index < -0.39 is 0 Å². The third-order valence-corrected chi connectivity index (χ3v) is 4.35. The van der Waals surface area contributed by atoms with E-state index in [9.17, 15) is 4.79 Å². The number of ether oxygens (including phenoxy) is 1. The molecular formula is C22H30N4O2. The number of nitrogens with zero attached hydrogens (tertiary/aromatic N) is 1. The Balaban J connectivity index is 1.83. The molecule has 0 heterocycles. The number of aliphatic imine (C=N–C) groups is 1. The van der Waals surface area contributed by atoms with Gasteiger partial charge in [0.15, 0.2) is 5.96 Å². The molecule has 0 saturated heterocycles. The fourth-order valence-corrected chi connectivity index (χ4v) is 2.69. The number of carbonyl (C=O) groups excluding carboxylic acids is 1. The average Bonchev–Trinajstić information content (AvgIpc) is 2.74. The van der Waals surface area contributed by atoms with Crippen molar-refractivity contribution in [2.45, 2.75) is 32.9 Å². The van der Waals surface area contributed by atoms with Crippen LogP contribution in [0.4, 0.5) is 0 Å². The van der Waals surface area contributed by atoms with Gasteiger partial charge in [-0.3, -0.25) is 9.79 Å². The van der Waals surface area contributed by atoms with Crippen molar-refractivity contribution in [2.75, 3.05) is 20.7 Å². The van der Waals surface area contributed by atoms with Gasteiger partial charge in [-0.25, -0.2) is 0 Å². The van der Waals surface area contributed by atoms with Crippen LogP contribution in [0.1, 0.15) is 41.3 Å². The van der Waals surface area contributed by atoms with Gasteiger partial charge >= 0.3 is 0 Å². The Labute approximate surface area is 167 Å². The number of methoxy groups -OCH3 is 1. The molecule has 0 atom stereocenters. The third kappa shape index (κ3) is 6.61. The minimum atomic E-state index is -0.0257. The molecule has 3 N–H and O–H groups in total. The molecule has 2 aromatic carbocycles. The molecule has 0 spiro atoms. The Morgan fingerprint density at radius 2 is 1.71 bits per heavy atom. The lowest BCUT2D eigenvalue weighted by Crippen LogP contribution is -2.36. The van der Waals surface area contributed by atoms with Crippen LogP contribution in [0.15, 0.2) is 53.5 Å². The van der Waals surface area contributed by atoms with E-state index in [1.807, 2.05) is 48.5 Å². The van der Waals surface area contributed by atoms with Gasteiger partial charge in [0.2, 0.25) is 0 Å². The monoisotopic (exact) mass is 382 g/mol. The number of rotatable bonds is 9. The predicted molar refractivity (Wildman–Crippen MR) is 114 cm³/mol. The number of hydrogen-bond acceptors (Lipinski definition) is 3. The van der Waals surface area contributed by atoms with Crippen molar-refractivity contribution in [3.8, 4) is 5.75 Å². The van der Waals surface area contributed by atoms with Gasteiger partial charge in [-0.1, -0.05) is 43.7 Å². The van der Waals surface area contributed by atoms with Gasteiger partial charge in [0, 0.05) is 37.8 Å². The van der Waals surface area contributed by atoms with Crippen molar-refractivity contribution in [1.29, 1.82) is 0 Å². The third-order valence-electron chi connectivity index (χ3n) is 4.35. The normalized spacial score (nSPS) is 11.0. The highest BCUT2D eigenvalue weighted by atomic mass is 16.5. The second-order valence-corrected chi connectivity index (χ2v) is 6.40. The van der Waals surface area contributed by atoms with Crippen molar-refractivity contribution in [1.82, 2.24) is 16.0 Å². The van der Waals surface area contributed by atoms with Crippen LogP contribution in [0, 0.1) is 0 Å². The Morgan fingerprint density at radius 1 is 1.00 bits per heavy atom. The lowest BCUT2D eigenvalue weighted by Gasteiger charge is -2.14. The van der Waals surface area contributed by atoms with E-state index in [4.69, 9.17) is 4.74 Å². The summed E-state index contributed by atoms with van der Waals surface area (Å²) in [6.45, 7) is 4.05. The average molecular weight is 383 g/mol. The van der Waals surface area contributed by atoms with Crippen LogP contribution >= 0.6 is 0 Å². The molecule has 0 aromatic heterocycles. The molecule has 0 fully saturated rings. The number of guanidine groups is 1. The van der Waals surface area contributed by atoms with Crippen molar-refractivity contribution in [2.24, 2.45) is 4.99 Å². The molecule has 6 nitrogen and oxygen atoms in total. The predicted octanol–water partition coefficient (Wildman–Crippen LogP) is 3.09. The molecular weight excluding hydrogens is 352 g/mol. The number of carbonyl (C=O) groups is 1. The van der Waals surface area contributed by atoms with Gasteiger partial charge in [-0.05, 0) is 30.2 Å². The smallest absolute Gasteiger partial charge is 0.251 e. The second kappa shape index (κ2) is 11.6. The molecule has 2 rings (SSSR count). The van der Waals surface area contributed by atoms with Crippen molar-refractivity contribution >= 4 is 11.9 Å². The van der Waals surface area contributed by atoms with E-state index in [2.05, 4.69) is 27.9 Å². The lowest BCUT2D eigenvalue weighted by atomic mass is 10.1.